The van der Waals surface area contributed by atoms with Crippen LogP contribution in [0.3, 0.4) is 0 Å². The lowest BCUT2D eigenvalue weighted by atomic mass is 9.89. The molecule has 0 fully saturated rings. The minimum absolute atomic E-state index is 0.00164. The van der Waals surface area contributed by atoms with E-state index in [-0.39, 0.29) is 18.1 Å². The highest BCUT2D eigenvalue weighted by atomic mass is 32.1. The lowest BCUT2D eigenvalue weighted by Gasteiger charge is -2.24. The second-order valence-electron chi connectivity index (χ2n) is 7.31. The van der Waals surface area contributed by atoms with E-state index in [1.165, 1.54) is 40.8 Å². The van der Waals surface area contributed by atoms with Gasteiger partial charge in [-0.2, -0.15) is 0 Å². The molecular formula is C21H29N3OS. The number of hydrogen-bond donors (Lipinski definition) is 2. The molecule has 0 bridgehead atoms. The highest BCUT2D eigenvalue weighted by molar-refractivity contribution is 7.10. The number of carbonyl (C=O) groups excluding carboxylic acids is 1. The van der Waals surface area contributed by atoms with Crippen molar-refractivity contribution in [2.45, 2.75) is 44.7 Å². The zero-order chi connectivity index (χ0) is 18.5. The fraction of sp³-hybridized carbons (Fsp3) is 0.476. The van der Waals surface area contributed by atoms with E-state index < -0.39 is 0 Å². The minimum atomic E-state index is -0.112. The first-order valence-corrected chi connectivity index (χ1v) is 10.3. The van der Waals surface area contributed by atoms with Crippen LogP contribution in [-0.2, 0) is 12.8 Å². The van der Waals surface area contributed by atoms with E-state index in [4.69, 9.17) is 0 Å². The number of fused-ring (bicyclic) bond motifs is 1. The van der Waals surface area contributed by atoms with Crippen LogP contribution in [0.25, 0.3) is 0 Å². The van der Waals surface area contributed by atoms with Crippen molar-refractivity contribution in [2.24, 2.45) is 0 Å². The Morgan fingerprint density at radius 3 is 2.65 bits per heavy atom. The summed E-state index contributed by atoms with van der Waals surface area (Å²) in [6.45, 7) is 2.64. The molecule has 1 aromatic carbocycles. The first-order chi connectivity index (χ1) is 12.5. The van der Waals surface area contributed by atoms with Gasteiger partial charge in [0.05, 0.1) is 12.1 Å². The van der Waals surface area contributed by atoms with Crippen molar-refractivity contribution < 1.29 is 4.79 Å². The molecule has 2 N–H and O–H groups in total. The fourth-order valence-corrected chi connectivity index (χ4v) is 4.48. The molecule has 3 rings (SSSR count). The fourth-order valence-electron chi connectivity index (χ4n) is 3.56. The van der Waals surface area contributed by atoms with Crippen LogP contribution in [0, 0.1) is 0 Å². The van der Waals surface area contributed by atoms with Crippen LogP contribution in [0.5, 0.6) is 0 Å². The van der Waals surface area contributed by atoms with Gasteiger partial charge in [-0.05, 0) is 74.8 Å². The summed E-state index contributed by atoms with van der Waals surface area (Å²) in [6, 6.07) is 10.9. The third-order valence-electron chi connectivity index (χ3n) is 5.17. The number of likely N-dealkylation sites (N-methyl/N-ethyl adjacent to an activating group) is 1. The topological polar surface area (TPSA) is 44.4 Å². The summed E-state index contributed by atoms with van der Waals surface area (Å²) in [7, 11) is 4.08. The summed E-state index contributed by atoms with van der Waals surface area (Å²) in [6.07, 6.45) is 4.91. The first kappa shape index (κ1) is 18.9. The normalized spacial score (nSPS) is 16.0. The number of aryl methyl sites for hydroxylation is 2. The molecule has 140 valence electrons. The molecule has 0 saturated carbocycles. The lowest BCUT2D eigenvalue weighted by Crippen LogP contribution is -2.41. The molecule has 2 atom stereocenters. The van der Waals surface area contributed by atoms with Crippen molar-refractivity contribution in [3.63, 3.8) is 0 Å². The Balaban J connectivity index is 1.55. The third-order valence-corrected chi connectivity index (χ3v) is 6.14. The van der Waals surface area contributed by atoms with E-state index in [1.807, 2.05) is 21.0 Å². The number of hydrogen-bond acceptors (Lipinski definition) is 3. The van der Waals surface area contributed by atoms with Crippen LogP contribution in [0.15, 0.2) is 35.7 Å². The first-order valence-electron chi connectivity index (χ1n) is 9.40. The molecule has 5 heteroatoms. The van der Waals surface area contributed by atoms with Gasteiger partial charge in [-0.1, -0.05) is 24.3 Å². The summed E-state index contributed by atoms with van der Waals surface area (Å²) < 4.78 is 0. The summed E-state index contributed by atoms with van der Waals surface area (Å²) >= 11 is 1.72. The number of amides is 2. The number of thiophene rings is 1. The van der Waals surface area contributed by atoms with E-state index in [0.717, 1.165) is 6.42 Å². The lowest BCUT2D eigenvalue weighted by molar-refractivity contribution is 0.230. The molecule has 0 radical (unpaired) electrons. The second kappa shape index (κ2) is 8.69. The highest BCUT2D eigenvalue weighted by Gasteiger charge is 2.18. The summed E-state index contributed by atoms with van der Waals surface area (Å²) in [5, 5.41) is 8.18. The van der Waals surface area contributed by atoms with Crippen molar-refractivity contribution in [1.82, 2.24) is 15.5 Å². The van der Waals surface area contributed by atoms with Crippen LogP contribution in [0.4, 0.5) is 4.79 Å². The van der Waals surface area contributed by atoms with Crippen LogP contribution >= 0.6 is 11.3 Å². The van der Waals surface area contributed by atoms with Gasteiger partial charge in [0.25, 0.3) is 0 Å². The standard InChI is InChI=1S/C21H29N3OS/c1-15(17-11-10-16-7-4-5-8-18(16)13-17)23-21(25)22-14-19(24(2)3)20-9-6-12-26-20/h6,9-13,15,19H,4-5,7-8,14H2,1-3H3,(H2,22,23,25). The van der Waals surface area contributed by atoms with Crippen LogP contribution in [0.2, 0.25) is 0 Å². The molecule has 2 aromatic rings. The molecule has 0 saturated heterocycles. The third kappa shape index (κ3) is 4.65. The SMILES string of the molecule is CC(NC(=O)NCC(c1cccs1)N(C)C)c1ccc2c(c1)CCCC2. The highest BCUT2D eigenvalue weighted by Crippen LogP contribution is 2.25. The molecule has 26 heavy (non-hydrogen) atoms. The summed E-state index contributed by atoms with van der Waals surface area (Å²) in [5.41, 5.74) is 4.11. The monoisotopic (exact) mass is 371 g/mol. The molecular weight excluding hydrogens is 342 g/mol. The van der Waals surface area contributed by atoms with E-state index in [0.29, 0.717) is 6.54 Å². The van der Waals surface area contributed by atoms with Crippen molar-refractivity contribution >= 4 is 17.4 Å². The zero-order valence-electron chi connectivity index (χ0n) is 15.9. The van der Waals surface area contributed by atoms with Gasteiger partial charge in [-0.25, -0.2) is 4.79 Å². The number of nitrogens with one attached hydrogen (secondary N) is 2. The number of carbonyl (C=O) groups is 1. The summed E-state index contributed by atoms with van der Waals surface area (Å²) in [4.78, 5) is 15.8. The molecule has 4 nitrogen and oxygen atoms in total. The van der Waals surface area contributed by atoms with E-state index in [1.54, 1.807) is 11.3 Å². The molecule has 1 aliphatic carbocycles. The number of rotatable bonds is 6. The Hall–Kier alpha value is -1.85. The molecule has 0 aliphatic heterocycles. The number of benzene rings is 1. The van der Waals surface area contributed by atoms with Crippen LogP contribution in [-0.4, -0.2) is 31.6 Å². The van der Waals surface area contributed by atoms with Gasteiger partial charge in [0.1, 0.15) is 0 Å². The van der Waals surface area contributed by atoms with E-state index in [9.17, 15) is 4.79 Å². The van der Waals surface area contributed by atoms with Crippen molar-refractivity contribution in [3.8, 4) is 0 Å². The smallest absolute Gasteiger partial charge is 0.315 e. The van der Waals surface area contributed by atoms with Gasteiger partial charge < -0.3 is 15.5 Å². The molecule has 0 spiro atoms. The molecule has 2 amide bonds. The Kier molecular flexibility index (Phi) is 6.33. The average Bonchev–Trinajstić information content (AvgIpc) is 3.15. The predicted molar refractivity (Wildman–Crippen MR) is 109 cm³/mol. The maximum atomic E-state index is 12.4. The van der Waals surface area contributed by atoms with Gasteiger partial charge in [0, 0.05) is 11.4 Å². The van der Waals surface area contributed by atoms with E-state index in [2.05, 4.69) is 51.2 Å². The van der Waals surface area contributed by atoms with Gasteiger partial charge in [0.15, 0.2) is 0 Å². The Bertz CT molecular complexity index is 727. The van der Waals surface area contributed by atoms with Gasteiger partial charge in [-0.3, -0.25) is 0 Å². The van der Waals surface area contributed by atoms with Gasteiger partial charge >= 0.3 is 6.03 Å². The second-order valence-corrected chi connectivity index (χ2v) is 8.29. The van der Waals surface area contributed by atoms with Crippen molar-refractivity contribution in [2.75, 3.05) is 20.6 Å². The maximum absolute atomic E-state index is 12.4. The largest absolute Gasteiger partial charge is 0.336 e. The van der Waals surface area contributed by atoms with Crippen LogP contribution in [0.1, 0.15) is 53.4 Å². The molecule has 1 heterocycles. The molecule has 1 aliphatic rings. The minimum Gasteiger partial charge on any atom is -0.336 e. The Labute approximate surface area is 160 Å². The quantitative estimate of drug-likeness (QED) is 0.795. The van der Waals surface area contributed by atoms with E-state index >= 15 is 0 Å². The zero-order valence-corrected chi connectivity index (χ0v) is 16.7. The van der Waals surface area contributed by atoms with Gasteiger partial charge in [-0.15, -0.1) is 11.3 Å². The summed E-state index contributed by atoms with van der Waals surface area (Å²) in [5.74, 6) is 0. The Morgan fingerprint density at radius 2 is 1.96 bits per heavy atom. The van der Waals surface area contributed by atoms with Gasteiger partial charge in [0.2, 0.25) is 0 Å². The Morgan fingerprint density at radius 1 is 1.19 bits per heavy atom. The number of urea groups is 1. The maximum Gasteiger partial charge on any atom is 0.315 e. The number of nitrogens with zero attached hydrogens (tertiary/aromatic N) is 1. The van der Waals surface area contributed by atoms with Crippen molar-refractivity contribution in [3.05, 3.63) is 57.3 Å². The van der Waals surface area contributed by atoms with Crippen LogP contribution < -0.4 is 10.6 Å². The predicted octanol–water partition coefficient (Wildman–Crippen LogP) is 4.29. The molecule has 2 unspecified atom stereocenters. The average molecular weight is 372 g/mol. The van der Waals surface area contributed by atoms with Crippen molar-refractivity contribution in [1.29, 1.82) is 0 Å². The molecule has 1 aromatic heterocycles.